The maximum Gasteiger partial charge on any atom is 0.204 e. The Morgan fingerprint density at radius 1 is 0.629 bits per heavy atom. The summed E-state index contributed by atoms with van der Waals surface area (Å²) in [7, 11) is 0. The maximum absolute atomic E-state index is 12.7. The highest BCUT2D eigenvalue weighted by Gasteiger charge is 2.25. The molecule has 5 heterocycles. The van der Waals surface area contributed by atoms with Crippen LogP contribution in [0.5, 0.6) is 0 Å². The molecule has 0 atom stereocenters. The normalized spacial score (nSPS) is 21.1. The lowest BCUT2D eigenvalue weighted by Crippen LogP contribution is -2.14. The van der Waals surface area contributed by atoms with E-state index in [1.165, 1.54) is 22.3 Å². The molecule has 5 rings (SSSR count). The third-order valence-corrected chi connectivity index (χ3v) is 6.75. The molecule has 0 radical (unpaired) electrons. The van der Waals surface area contributed by atoms with Gasteiger partial charge in [0.15, 0.2) is 0 Å². The monoisotopic (exact) mass is 462 g/mol. The molecule has 8 bridgehead atoms. The zero-order valence-corrected chi connectivity index (χ0v) is 20.8. The van der Waals surface area contributed by atoms with Gasteiger partial charge >= 0.3 is 0 Å². The smallest absolute Gasteiger partial charge is 0.204 e. The Bertz CT molecular complexity index is 1390. The van der Waals surface area contributed by atoms with Crippen molar-refractivity contribution in [2.24, 2.45) is 15.0 Å². The summed E-state index contributed by atoms with van der Waals surface area (Å²) in [5.41, 5.74) is 11.6. The van der Waals surface area contributed by atoms with Crippen LogP contribution in [0.4, 0.5) is 0 Å². The summed E-state index contributed by atoms with van der Waals surface area (Å²) < 4.78 is 0. The molecule has 0 spiro atoms. The van der Waals surface area contributed by atoms with Crippen LogP contribution in [0.2, 0.25) is 0 Å². The highest BCUT2D eigenvalue weighted by Crippen LogP contribution is 2.34. The number of dihydropyridines is 2. The fourth-order valence-corrected chi connectivity index (χ4v) is 5.10. The van der Waals surface area contributed by atoms with Gasteiger partial charge in [0.1, 0.15) is 5.70 Å². The summed E-state index contributed by atoms with van der Waals surface area (Å²) in [6.07, 6.45) is 21.1. The largest absolute Gasteiger partial charge is 0.355 e. The summed E-state index contributed by atoms with van der Waals surface area (Å²) in [5.74, 6) is -0.104. The van der Waals surface area contributed by atoms with Crippen LogP contribution in [0.3, 0.4) is 0 Å². The molecule has 5 aliphatic rings. The number of carbonyl (C=O) groups excluding carboxylic acids is 1. The Morgan fingerprint density at radius 3 is 1.91 bits per heavy atom. The lowest BCUT2D eigenvalue weighted by atomic mass is 9.97. The molecular weight excluding hydrogens is 432 g/mol. The van der Waals surface area contributed by atoms with Gasteiger partial charge in [-0.3, -0.25) is 4.79 Å². The fourth-order valence-electron chi connectivity index (χ4n) is 5.10. The Morgan fingerprint density at radius 2 is 1.26 bits per heavy atom. The minimum atomic E-state index is -0.104. The quantitative estimate of drug-likeness (QED) is 0.533. The average Bonchev–Trinajstić information content (AvgIpc) is 3.36. The molecule has 35 heavy (non-hydrogen) atoms. The molecule has 0 aromatic heterocycles. The molecule has 0 fully saturated rings. The summed E-state index contributed by atoms with van der Waals surface area (Å²) in [6.45, 7) is 8.61. The van der Waals surface area contributed by atoms with Crippen molar-refractivity contribution in [3.05, 3.63) is 105 Å². The van der Waals surface area contributed by atoms with Crippen molar-refractivity contribution in [3.8, 4) is 0 Å². The molecule has 0 saturated heterocycles. The molecule has 0 amide bonds. The van der Waals surface area contributed by atoms with Crippen LogP contribution in [0.15, 0.2) is 120 Å². The van der Waals surface area contributed by atoms with Gasteiger partial charge in [0, 0.05) is 11.4 Å². The summed E-state index contributed by atoms with van der Waals surface area (Å²) in [4.78, 5) is 27.4. The van der Waals surface area contributed by atoms with Crippen molar-refractivity contribution in [2.75, 3.05) is 0 Å². The van der Waals surface area contributed by atoms with Crippen LogP contribution in [0.25, 0.3) is 0 Å². The standard InChI is InChI=1S/C30H30N4O/c1-5-21-22(6-2)27-16-20-12-13-30(35)29(32-20)17-28-24(8-4)23(7-3)26(34-28)15-19-11-9-10-18(31-19)14-25(21)33-27/h9-17,31H,5-8H2,1-4H3. The third-order valence-electron chi connectivity index (χ3n) is 6.75. The molecule has 0 aliphatic carbocycles. The van der Waals surface area contributed by atoms with Crippen molar-refractivity contribution in [1.29, 1.82) is 0 Å². The van der Waals surface area contributed by atoms with Gasteiger partial charge in [-0.15, -0.1) is 0 Å². The highest BCUT2D eigenvalue weighted by atomic mass is 16.1. The van der Waals surface area contributed by atoms with Crippen molar-refractivity contribution in [3.63, 3.8) is 0 Å². The first-order chi connectivity index (χ1) is 17.0. The zero-order chi connectivity index (χ0) is 24.5. The molecule has 1 N–H and O–H groups in total. The first-order valence-electron chi connectivity index (χ1n) is 12.5. The van der Waals surface area contributed by atoms with Gasteiger partial charge in [0.25, 0.3) is 0 Å². The molecule has 0 saturated carbocycles. The number of nitrogens with zero attached hydrogens (tertiary/aromatic N) is 3. The molecule has 5 heteroatoms. The van der Waals surface area contributed by atoms with Gasteiger partial charge in [-0.2, -0.15) is 0 Å². The topological polar surface area (TPSA) is 66.2 Å². The van der Waals surface area contributed by atoms with Crippen molar-refractivity contribution in [2.45, 2.75) is 53.4 Å². The van der Waals surface area contributed by atoms with E-state index in [-0.39, 0.29) is 5.78 Å². The molecule has 5 aliphatic heterocycles. The van der Waals surface area contributed by atoms with Gasteiger partial charge < -0.3 is 5.32 Å². The Hall–Kier alpha value is -3.86. The van der Waals surface area contributed by atoms with Crippen LogP contribution in [-0.2, 0) is 4.79 Å². The highest BCUT2D eigenvalue weighted by molar-refractivity contribution is 6.22. The number of allylic oxidation sites excluding steroid dienone is 13. The maximum atomic E-state index is 12.7. The van der Waals surface area contributed by atoms with E-state index in [1.807, 2.05) is 12.2 Å². The van der Waals surface area contributed by atoms with Crippen LogP contribution in [0, 0.1) is 0 Å². The third kappa shape index (κ3) is 4.23. The van der Waals surface area contributed by atoms with E-state index in [0.29, 0.717) is 5.70 Å². The van der Waals surface area contributed by atoms with E-state index in [1.54, 1.807) is 12.2 Å². The van der Waals surface area contributed by atoms with Gasteiger partial charge in [0.2, 0.25) is 5.78 Å². The number of ketones is 1. The first kappa shape index (κ1) is 22.9. The van der Waals surface area contributed by atoms with Crippen LogP contribution < -0.4 is 5.32 Å². The molecule has 0 unspecified atom stereocenters. The van der Waals surface area contributed by atoms with Gasteiger partial charge in [-0.05, 0) is 96.6 Å². The minimum absolute atomic E-state index is 0.104. The second-order valence-electron chi connectivity index (χ2n) is 8.85. The predicted molar refractivity (Wildman–Crippen MR) is 144 cm³/mol. The van der Waals surface area contributed by atoms with E-state index in [4.69, 9.17) is 15.0 Å². The number of hydrogen-bond acceptors (Lipinski definition) is 5. The summed E-state index contributed by atoms with van der Waals surface area (Å²) in [5, 5.41) is 3.54. The molecule has 5 nitrogen and oxygen atoms in total. The van der Waals surface area contributed by atoms with E-state index in [9.17, 15) is 4.79 Å². The van der Waals surface area contributed by atoms with Gasteiger partial charge in [0.05, 0.1) is 28.5 Å². The van der Waals surface area contributed by atoms with Gasteiger partial charge in [-0.1, -0.05) is 33.8 Å². The molecule has 0 aromatic rings. The Kier molecular flexibility index (Phi) is 6.16. The molecule has 0 aromatic carbocycles. The summed E-state index contributed by atoms with van der Waals surface area (Å²) >= 11 is 0. The molecule has 176 valence electrons. The lowest BCUT2D eigenvalue weighted by Gasteiger charge is -2.14. The summed E-state index contributed by atoms with van der Waals surface area (Å²) in [6, 6.07) is 0. The Balaban J connectivity index is 1.74. The first-order valence-corrected chi connectivity index (χ1v) is 12.5. The predicted octanol–water partition coefficient (Wildman–Crippen LogP) is 6.30. The number of nitrogens with one attached hydrogen (secondary N) is 1. The van der Waals surface area contributed by atoms with Gasteiger partial charge in [-0.25, -0.2) is 15.0 Å². The van der Waals surface area contributed by atoms with Crippen LogP contribution in [-0.4, -0.2) is 22.9 Å². The lowest BCUT2D eigenvalue weighted by molar-refractivity contribution is -0.111. The van der Waals surface area contributed by atoms with E-state index >= 15 is 0 Å². The minimum Gasteiger partial charge on any atom is -0.355 e. The average molecular weight is 463 g/mol. The SMILES string of the molecule is CCC1=C(CC)C2=NC1=CC1=NC(=CC3=NC(=CC4=CC=CC(=C2)N4)C(CC)=C3CC)C(=O)C=C1. The second-order valence-corrected chi connectivity index (χ2v) is 8.85. The number of hydrogen-bond donors (Lipinski definition) is 1. The second kappa shape index (κ2) is 9.41. The number of fused-ring (bicyclic) bond motifs is 5. The molecular formula is C30H30N4O. The van der Waals surface area contributed by atoms with E-state index in [0.717, 1.165) is 65.6 Å². The zero-order valence-electron chi connectivity index (χ0n) is 20.8. The van der Waals surface area contributed by atoms with Crippen LogP contribution in [0.1, 0.15) is 53.4 Å². The Labute approximate surface area is 206 Å². The van der Waals surface area contributed by atoms with Crippen LogP contribution >= 0.6 is 0 Å². The van der Waals surface area contributed by atoms with Crippen molar-refractivity contribution in [1.82, 2.24) is 5.32 Å². The van der Waals surface area contributed by atoms with E-state index < -0.39 is 0 Å². The van der Waals surface area contributed by atoms with Crippen molar-refractivity contribution < 1.29 is 4.79 Å². The fraction of sp³-hybridized carbons (Fsp3) is 0.267. The van der Waals surface area contributed by atoms with E-state index in [2.05, 4.69) is 63.4 Å². The number of aliphatic imine (C=N–C) groups is 3. The number of carbonyl (C=O) groups is 1. The number of rotatable bonds is 4. The van der Waals surface area contributed by atoms with Crippen molar-refractivity contribution >= 4 is 22.9 Å².